The van der Waals surface area contributed by atoms with Gasteiger partial charge < -0.3 is 20.8 Å². The highest BCUT2D eigenvalue weighted by molar-refractivity contribution is 7.18. The van der Waals surface area contributed by atoms with Crippen molar-refractivity contribution in [2.24, 2.45) is 0 Å². The molecule has 0 aliphatic heterocycles. The van der Waals surface area contributed by atoms with Gasteiger partial charge in [-0.2, -0.15) is 9.97 Å². The van der Waals surface area contributed by atoms with Gasteiger partial charge in [0.15, 0.2) is 0 Å². The number of rotatable bonds is 6. The lowest BCUT2D eigenvalue weighted by Gasteiger charge is -2.11. The van der Waals surface area contributed by atoms with E-state index in [1.54, 1.807) is 17.4 Å². The first-order valence-electron chi connectivity index (χ1n) is 8.37. The molecule has 0 aromatic carbocycles. The highest BCUT2D eigenvalue weighted by Gasteiger charge is 2.12. The lowest BCUT2D eigenvalue weighted by atomic mass is 10.2. The molecular formula is C17H22N6O2S. The van der Waals surface area contributed by atoms with Crippen molar-refractivity contribution >= 4 is 33.3 Å². The first-order chi connectivity index (χ1) is 12.3. The number of anilines is 2. The molecule has 3 aromatic heterocycles. The Labute approximate surface area is 154 Å². The minimum atomic E-state index is -0.0919. The first kappa shape index (κ1) is 18.1. The maximum Gasteiger partial charge on any atom is 0.259 e. The van der Waals surface area contributed by atoms with Gasteiger partial charge in [-0.3, -0.25) is 4.79 Å². The zero-order chi connectivity index (χ0) is 18.8. The zero-order valence-electron chi connectivity index (χ0n) is 15.2. The Kier molecular flexibility index (Phi) is 5.08. The lowest BCUT2D eigenvalue weighted by molar-refractivity contribution is 0.233. The van der Waals surface area contributed by atoms with Gasteiger partial charge >= 0.3 is 0 Å². The number of nitrogens with two attached hydrogens (primary N) is 1. The Morgan fingerprint density at radius 3 is 2.81 bits per heavy atom. The topological polar surface area (TPSA) is 119 Å². The molecule has 3 rings (SSSR count). The van der Waals surface area contributed by atoms with Crippen LogP contribution in [0.2, 0.25) is 0 Å². The average molecular weight is 374 g/mol. The third-order valence-electron chi connectivity index (χ3n) is 3.83. The maximum atomic E-state index is 12.3. The number of aromatic nitrogens is 4. The second-order valence-corrected chi connectivity index (χ2v) is 7.47. The van der Waals surface area contributed by atoms with Crippen LogP contribution in [0.25, 0.3) is 10.2 Å². The number of nitrogens with one attached hydrogen (secondary N) is 2. The molecule has 3 heterocycles. The summed E-state index contributed by atoms with van der Waals surface area (Å²) >= 11 is 1.54. The fourth-order valence-corrected chi connectivity index (χ4v) is 3.61. The largest absolute Gasteiger partial charge is 0.475 e. The molecule has 9 heteroatoms. The molecule has 0 radical (unpaired) electrons. The van der Waals surface area contributed by atoms with Crippen LogP contribution >= 0.6 is 11.3 Å². The van der Waals surface area contributed by atoms with Gasteiger partial charge in [0.2, 0.25) is 11.8 Å². The Bertz CT molecular complexity index is 995. The minimum Gasteiger partial charge on any atom is -0.475 e. The van der Waals surface area contributed by atoms with Crippen LogP contribution in [0.15, 0.2) is 10.9 Å². The summed E-state index contributed by atoms with van der Waals surface area (Å²) in [6.07, 6.45) is 0.543. The van der Waals surface area contributed by atoms with E-state index in [1.807, 2.05) is 27.7 Å². The zero-order valence-corrected chi connectivity index (χ0v) is 16.0. The summed E-state index contributed by atoms with van der Waals surface area (Å²) in [6.45, 7) is 8.31. The summed E-state index contributed by atoms with van der Waals surface area (Å²) in [5.41, 5.74) is 6.62. The molecule has 0 spiro atoms. The summed E-state index contributed by atoms with van der Waals surface area (Å²) in [5, 5.41) is 3.85. The van der Waals surface area contributed by atoms with Crippen molar-refractivity contribution in [3.8, 4) is 5.88 Å². The molecule has 0 unspecified atom stereocenters. The summed E-state index contributed by atoms with van der Waals surface area (Å²) in [4.78, 5) is 29.8. The Morgan fingerprint density at radius 2 is 2.08 bits per heavy atom. The van der Waals surface area contributed by atoms with Crippen LogP contribution < -0.4 is 21.3 Å². The van der Waals surface area contributed by atoms with E-state index >= 15 is 0 Å². The highest BCUT2D eigenvalue weighted by atomic mass is 32.1. The van der Waals surface area contributed by atoms with Crippen LogP contribution in [0.4, 0.5) is 11.8 Å². The van der Waals surface area contributed by atoms with Crippen molar-refractivity contribution in [2.45, 2.75) is 40.2 Å². The van der Waals surface area contributed by atoms with Crippen molar-refractivity contribution in [2.75, 3.05) is 17.6 Å². The van der Waals surface area contributed by atoms with Crippen LogP contribution in [0, 0.1) is 13.8 Å². The highest BCUT2D eigenvalue weighted by Crippen LogP contribution is 2.25. The van der Waals surface area contributed by atoms with Gasteiger partial charge in [-0.15, -0.1) is 11.3 Å². The molecule has 0 bridgehead atoms. The van der Waals surface area contributed by atoms with Crippen molar-refractivity contribution in [3.63, 3.8) is 0 Å². The fraction of sp³-hybridized carbons (Fsp3) is 0.412. The number of ether oxygens (including phenoxy) is 1. The summed E-state index contributed by atoms with van der Waals surface area (Å²) < 4.78 is 5.55. The molecule has 0 aliphatic carbocycles. The number of aryl methyl sites for hydroxylation is 2. The lowest BCUT2D eigenvalue weighted by Crippen LogP contribution is -2.15. The quantitative estimate of drug-likeness (QED) is 0.606. The molecule has 0 amide bonds. The Morgan fingerprint density at radius 1 is 1.31 bits per heavy atom. The number of thiophene rings is 1. The number of fused-ring (bicyclic) bond motifs is 1. The molecule has 4 N–H and O–H groups in total. The van der Waals surface area contributed by atoms with Crippen molar-refractivity contribution in [1.82, 2.24) is 19.9 Å². The summed E-state index contributed by atoms with van der Waals surface area (Å²) in [6, 6.07) is 1.70. The predicted octanol–water partition coefficient (Wildman–Crippen LogP) is 2.42. The van der Waals surface area contributed by atoms with E-state index in [0.29, 0.717) is 35.9 Å². The third-order valence-corrected chi connectivity index (χ3v) is 4.93. The number of H-pyrrole nitrogens is 1. The van der Waals surface area contributed by atoms with Gasteiger partial charge in [0.1, 0.15) is 16.5 Å². The van der Waals surface area contributed by atoms with Gasteiger partial charge in [0.05, 0.1) is 11.5 Å². The van der Waals surface area contributed by atoms with Gasteiger partial charge in [0.25, 0.3) is 5.56 Å². The summed E-state index contributed by atoms with van der Waals surface area (Å²) in [7, 11) is 0. The summed E-state index contributed by atoms with van der Waals surface area (Å²) in [5.74, 6) is 1.77. The van der Waals surface area contributed by atoms with E-state index in [2.05, 4.69) is 25.3 Å². The second kappa shape index (κ2) is 7.28. The van der Waals surface area contributed by atoms with E-state index in [9.17, 15) is 4.79 Å². The maximum absolute atomic E-state index is 12.3. The van der Waals surface area contributed by atoms with Crippen molar-refractivity contribution in [1.29, 1.82) is 0 Å². The molecule has 0 saturated carbocycles. The Hall–Kier alpha value is -2.68. The van der Waals surface area contributed by atoms with Crippen molar-refractivity contribution < 1.29 is 4.74 Å². The molecule has 0 aliphatic rings. The van der Waals surface area contributed by atoms with Crippen LogP contribution in [0.5, 0.6) is 5.88 Å². The van der Waals surface area contributed by atoms with Crippen LogP contribution in [-0.2, 0) is 6.42 Å². The monoisotopic (exact) mass is 374 g/mol. The van der Waals surface area contributed by atoms with E-state index in [-0.39, 0.29) is 17.6 Å². The number of hydrogen-bond donors (Lipinski definition) is 3. The van der Waals surface area contributed by atoms with Crippen LogP contribution in [0.3, 0.4) is 0 Å². The molecule has 8 nitrogen and oxygen atoms in total. The predicted molar refractivity (Wildman–Crippen MR) is 104 cm³/mol. The van der Waals surface area contributed by atoms with Crippen LogP contribution in [0.1, 0.15) is 30.1 Å². The van der Waals surface area contributed by atoms with Gasteiger partial charge in [-0.1, -0.05) is 0 Å². The standard InChI is InChI=1S/C17H22N6O2S/c1-8(2)25-13-7-12(22-17(18)23-13)19-6-5-11-20-15(24)14-9(3)10(4)26-16(14)21-11/h7-8H,5-6H2,1-4H3,(H,20,21,24)(H3,18,19,22,23). The molecule has 0 atom stereocenters. The smallest absolute Gasteiger partial charge is 0.259 e. The van der Waals surface area contributed by atoms with Crippen LogP contribution in [-0.4, -0.2) is 32.6 Å². The number of nitrogens with zero attached hydrogens (tertiary/aromatic N) is 3. The average Bonchev–Trinajstić information content (AvgIpc) is 2.81. The van der Waals surface area contributed by atoms with Crippen molar-refractivity contribution in [3.05, 3.63) is 32.7 Å². The second-order valence-electron chi connectivity index (χ2n) is 6.27. The van der Waals surface area contributed by atoms with E-state index in [1.165, 1.54) is 0 Å². The Balaban J connectivity index is 1.71. The molecular weight excluding hydrogens is 352 g/mol. The molecule has 26 heavy (non-hydrogen) atoms. The normalized spacial score (nSPS) is 11.3. The molecule has 3 aromatic rings. The van der Waals surface area contributed by atoms with Gasteiger partial charge in [-0.05, 0) is 33.3 Å². The number of nitrogen functional groups attached to an aromatic ring is 1. The number of hydrogen-bond acceptors (Lipinski definition) is 8. The van der Waals surface area contributed by atoms with E-state index < -0.39 is 0 Å². The third kappa shape index (κ3) is 3.93. The number of aromatic amines is 1. The molecule has 0 saturated heterocycles. The SMILES string of the molecule is Cc1sc2nc(CCNc3cc(OC(C)C)nc(N)n3)[nH]c(=O)c2c1C. The first-order valence-corrected chi connectivity index (χ1v) is 9.19. The molecule has 138 valence electrons. The van der Waals surface area contributed by atoms with E-state index in [0.717, 1.165) is 15.3 Å². The van der Waals surface area contributed by atoms with Gasteiger partial charge in [-0.25, -0.2) is 4.98 Å². The van der Waals surface area contributed by atoms with E-state index in [4.69, 9.17) is 10.5 Å². The van der Waals surface area contributed by atoms with Gasteiger partial charge in [0, 0.05) is 23.9 Å². The molecule has 0 fully saturated rings. The minimum absolute atomic E-state index is 0.00383. The fourth-order valence-electron chi connectivity index (χ4n) is 2.56.